The van der Waals surface area contributed by atoms with Crippen LogP contribution in [0, 0.1) is 6.92 Å². The molecule has 0 unspecified atom stereocenters. The number of halogens is 1. The summed E-state index contributed by atoms with van der Waals surface area (Å²) in [4.78, 5) is 0. The number of aromatic nitrogens is 5. The van der Waals surface area contributed by atoms with E-state index in [-0.39, 0.29) is 0 Å². The zero-order chi connectivity index (χ0) is 13.3. The van der Waals surface area contributed by atoms with Gasteiger partial charge in [-0.25, -0.2) is 0 Å². The normalized spacial score (nSPS) is 11.2. The molecule has 0 radical (unpaired) electrons. The number of aryl methyl sites for hydroxylation is 3. The predicted molar refractivity (Wildman–Crippen MR) is 75.6 cm³/mol. The topological polar surface area (TPSA) is 48.5 Å². The summed E-state index contributed by atoms with van der Waals surface area (Å²) in [6.07, 6.45) is 0.933. The van der Waals surface area contributed by atoms with Crippen LogP contribution in [-0.2, 0) is 26.3 Å². The van der Waals surface area contributed by atoms with E-state index in [0.29, 0.717) is 0 Å². The zero-order valence-corrected chi connectivity index (χ0v) is 13.3. The fourth-order valence-corrected chi connectivity index (χ4v) is 3.59. The lowest BCUT2D eigenvalue weighted by molar-refractivity contribution is 0.717. The molecule has 0 amide bonds. The summed E-state index contributed by atoms with van der Waals surface area (Å²) < 4.78 is 5.04. The monoisotopic (exact) mass is 329 g/mol. The van der Waals surface area contributed by atoms with Crippen molar-refractivity contribution in [3.63, 3.8) is 0 Å². The van der Waals surface area contributed by atoms with Gasteiger partial charge in [-0.05, 0) is 29.3 Å². The van der Waals surface area contributed by atoms with Gasteiger partial charge in [0.05, 0.1) is 15.9 Å². The van der Waals surface area contributed by atoms with Gasteiger partial charge in [0.25, 0.3) is 0 Å². The maximum absolute atomic E-state index is 4.48. The first kappa shape index (κ1) is 13.6. The summed E-state index contributed by atoms with van der Waals surface area (Å²) >= 11 is 5.29. The summed E-state index contributed by atoms with van der Waals surface area (Å²) in [6.45, 7) is 4.06. The van der Waals surface area contributed by atoms with Gasteiger partial charge in [-0.15, -0.1) is 10.2 Å². The summed E-state index contributed by atoms with van der Waals surface area (Å²) in [5, 5.41) is 13.6. The lowest BCUT2D eigenvalue weighted by Crippen LogP contribution is -1.98. The van der Waals surface area contributed by atoms with Crippen LogP contribution in [0.4, 0.5) is 0 Å². The second kappa shape index (κ2) is 5.44. The fraction of sp³-hybridized carbons (Fsp3) is 0.545. The second-order valence-corrected chi connectivity index (χ2v) is 5.80. The van der Waals surface area contributed by atoms with Crippen LogP contribution in [0.1, 0.15) is 24.1 Å². The van der Waals surface area contributed by atoms with Crippen LogP contribution < -0.4 is 0 Å². The molecule has 0 N–H and O–H groups in total. The Labute approximate surface area is 119 Å². The lowest BCUT2D eigenvalue weighted by Gasteiger charge is -2.03. The molecule has 0 aliphatic carbocycles. The Morgan fingerprint density at radius 2 is 2.00 bits per heavy atom. The number of thioether (sulfide) groups is 1. The number of rotatable bonds is 4. The second-order valence-electron chi connectivity index (χ2n) is 4.06. The van der Waals surface area contributed by atoms with Crippen molar-refractivity contribution in [1.29, 1.82) is 0 Å². The van der Waals surface area contributed by atoms with Gasteiger partial charge in [-0.1, -0.05) is 18.7 Å². The Hall–Kier alpha value is -0.820. The lowest BCUT2D eigenvalue weighted by atomic mass is 10.3. The molecule has 18 heavy (non-hydrogen) atoms. The number of nitrogens with zero attached hydrogens (tertiary/aromatic N) is 5. The van der Waals surface area contributed by atoms with Crippen molar-refractivity contribution in [2.75, 3.05) is 0 Å². The average molecular weight is 330 g/mol. The highest BCUT2D eigenvalue weighted by molar-refractivity contribution is 9.10. The summed E-state index contributed by atoms with van der Waals surface area (Å²) in [7, 11) is 3.95. The SMILES string of the molecule is CCc1nn(C)c(CSc2nnc(C)n2C)c1Br. The highest BCUT2D eigenvalue weighted by atomic mass is 79.9. The van der Waals surface area contributed by atoms with Gasteiger partial charge in [0.15, 0.2) is 5.16 Å². The van der Waals surface area contributed by atoms with Crippen molar-refractivity contribution in [3.05, 3.63) is 21.7 Å². The Morgan fingerprint density at radius 1 is 1.28 bits per heavy atom. The third-order valence-corrected chi connectivity index (χ3v) is 4.84. The van der Waals surface area contributed by atoms with E-state index in [4.69, 9.17) is 0 Å². The van der Waals surface area contributed by atoms with E-state index < -0.39 is 0 Å². The first-order valence-corrected chi connectivity index (χ1v) is 7.51. The van der Waals surface area contributed by atoms with Crippen LogP contribution in [-0.4, -0.2) is 24.5 Å². The minimum absolute atomic E-state index is 0.829. The third-order valence-electron chi connectivity index (χ3n) is 2.89. The molecule has 0 spiro atoms. The standard InChI is InChI=1S/C11H16BrN5S/c1-5-8-10(12)9(17(4)15-8)6-18-11-14-13-7(2)16(11)3/h5-6H2,1-4H3. The predicted octanol–water partition coefficient (Wildman–Crippen LogP) is 2.47. The smallest absolute Gasteiger partial charge is 0.191 e. The van der Waals surface area contributed by atoms with Gasteiger partial charge < -0.3 is 4.57 Å². The Bertz CT molecular complexity index is 560. The van der Waals surface area contributed by atoms with Gasteiger partial charge in [0.2, 0.25) is 0 Å². The molecular weight excluding hydrogens is 314 g/mol. The van der Waals surface area contributed by atoms with E-state index in [0.717, 1.165) is 33.3 Å². The van der Waals surface area contributed by atoms with Gasteiger partial charge in [-0.3, -0.25) is 4.68 Å². The minimum Gasteiger partial charge on any atom is -0.309 e. The molecule has 2 rings (SSSR count). The van der Waals surface area contributed by atoms with Crippen molar-refractivity contribution in [2.45, 2.75) is 31.2 Å². The van der Waals surface area contributed by atoms with Crippen LogP contribution in [0.25, 0.3) is 0 Å². The molecule has 0 saturated carbocycles. The van der Waals surface area contributed by atoms with Gasteiger partial charge in [0.1, 0.15) is 5.82 Å². The van der Waals surface area contributed by atoms with E-state index in [9.17, 15) is 0 Å². The summed E-state index contributed by atoms with van der Waals surface area (Å²) in [5.74, 6) is 1.76. The molecule has 98 valence electrons. The molecular formula is C11H16BrN5S. The highest BCUT2D eigenvalue weighted by Crippen LogP contribution is 2.28. The van der Waals surface area contributed by atoms with E-state index in [2.05, 4.69) is 38.1 Å². The largest absolute Gasteiger partial charge is 0.309 e. The van der Waals surface area contributed by atoms with Crippen molar-refractivity contribution < 1.29 is 0 Å². The Kier molecular flexibility index (Phi) is 4.11. The fourth-order valence-electron chi connectivity index (χ4n) is 1.62. The molecule has 5 nitrogen and oxygen atoms in total. The molecule has 2 aromatic rings. The third kappa shape index (κ3) is 2.47. The first-order chi connectivity index (χ1) is 8.54. The molecule has 0 aliphatic heterocycles. The molecule has 0 fully saturated rings. The maximum Gasteiger partial charge on any atom is 0.191 e. The molecule has 0 aliphatic rings. The highest BCUT2D eigenvalue weighted by Gasteiger charge is 2.14. The molecule has 0 saturated heterocycles. The zero-order valence-electron chi connectivity index (χ0n) is 10.9. The summed E-state index contributed by atoms with van der Waals surface area (Å²) in [5.41, 5.74) is 2.28. The first-order valence-electron chi connectivity index (χ1n) is 5.73. The van der Waals surface area contributed by atoms with Crippen LogP contribution in [0.2, 0.25) is 0 Å². The molecule has 0 atom stereocenters. The van der Waals surface area contributed by atoms with Crippen LogP contribution in [0.5, 0.6) is 0 Å². The van der Waals surface area contributed by atoms with Gasteiger partial charge in [-0.2, -0.15) is 5.10 Å². The quantitative estimate of drug-likeness (QED) is 0.808. The Balaban J connectivity index is 2.15. The number of hydrogen-bond acceptors (Lipinski definition) is 4. The van der Waals surface area contributed by atoms with E-state index in [1.807, 2.05) is 30.3 Å². The van der Waals surface area contributed by atoms with Gasteiger partial charge >= 0.3 is 0 Å². The van der Waals surface area contributed by atoms with Gasteiger partial charge in [0, 0.05) is 19.8 Å². The van der Waals surface area contributed by atoms with E-state index >= 15 is 0 Å². The summed E-state index contributed by atoms with van der Waals surface area (Å²) in [6, 6.07) is 0. The van der Waals surface area contributed by atoms with Crippen LogP contribution in [0.15, 0.2) is 9.63 Å². The molecule has 0 aromatic carbocycles. The molecule has 0 bridgehead atoms. The van der Waals surface area contributed by atoms with Crippen molar-refractivity contribution >= 4 is 27.7 Å². The molecule has 7 heteroatoms. The number of hydrogen-bond donors (Lipinski definition) is 0. The maximum atomic E-state index is 4.48. The molecule has 2 aromatic heterocycles. The van der Waals surface area contributed by atoms with Crippen molar-refractivity contribution in [2.24, 2.45) is 14.1 Å². The van der Waals surface area contributed by atoms with Crippen LogP contribution >= 0.6 is 27.7 Å². The van der Waals surface area contributed by atoms with Crippen molar-refractivity contribution in [3.8, 4) is 0 Å². The Morgan fingerprint density at radius 3 is 2.50 bits per heavy atom. The average Bonchev–Trinajstić information content (AvgIpc) is 2.80. The van der Waals surface area contributed by atoms with E-state index in [1.165, 1.54) is 5.69 Å². The van der Waals surface area contributed by atoms with E-state index in [1.54, 1.807) is 11.8 Å². The van der Waals surface area contributed by atoms with Crippen molar-refractivity contribution in [1.82, 2.24) is 24.5 Å². The minimum atomic E-state index is 0.829. The van der Waals surface area contributed by atoms with Crippen LogP contribution in [0.3, 0.4) is 0 Å². The molecule has 2 heterocycles.